The normalized spacial score (nSPS) is 21.4. The molecule has 2 saturated heterocycles. The second kappa shape index (κ2) is 11.6. The van der Waals surface area contributed by atoms with Gasteiger partial charge in [-0.25, -0.2) is 9.59 Å². The number of benzene rings is 2. The minimum absolute atomic E-state index is 0.0122. The maximum absolute atomic E-state index is 13.0. The third kappa shape index (κ3) is 5.18. The monoisotopic (exact) mass is 551 g/mol. The summed E-state index contributed by atoms with van der Waals surface area (Å²) in [5, 5.41) is 2.60. The summed E-state index contributed by atoms with van der Waals surface area (Å²) in [6, 6.07) is 16.2. The van der Waals surface area contributed by atoms with Crippen LogP contribution in [0.5, 0.6) is 0 Å². The first-order valence-electron chi connectivity index (χ1n) is 12.8. The van der Waals surface area contributed by atoms with Crippen LogP contribution in [-0.4, -0.2) is 65.5 Å². The van der Waals surface area contributed by atoms with Crippen molar-refractivity contribution in [3.8, 4) is 11.1 Å². The van der Waals surface area contributed by atoms with E-state index >= 15 is 0 Å². The van der Waals surface area contributed by atoms with Crippen molar-refractivity contribution in [1.82, 2.24) is 14.9 Å². The zero-order valence-corrected chi connectivity index (χ0v) is 22.7. The predicted octanol–water partition coefficient (Wildman–Crippen LogP) is 4.99. The Morgan fingerprint density at radius 1 is 1.03 bits per heavy atom. The molecule has 198 valence electrons. The largest absolute Gasteiger partial charge is 0.449 e. The Balaban J connectivity index is 1.14. The predicted molar refractivity (Wildman–Crippen MR) is 147 cm³/mol. The molecule has 2 bridgehead atoms. The third-order valence-corrected chi connectivity index (χ3v) is 8.91. The number of fused-ring (bicyclic) bond motifs is 5. The molecule has 38 heavy (non-hydrogen) atoms. The molecule has 3 atom stereocenters. The van der Waals surface area contributed by atoms with Gasteiger partial charge in [0.2, 0.25) is 5.91 Å². The molecule has 1 unspecified atom stereocenters. The van der Waals surface area contributed by atoms with E-state index < -0.39 is 6.09 Å². The summed E-state index contributed by atoms with van der Waals surface area (Å²) < 4.78 is 12.4. The van der Waals surface area contributed by atoms with Crippen molar-refractivity contribution in [3.05, 3.63) is 72.3 Å². The SMILES string of the molecule is C=CCOC(=O)N1[C@@H]2CC[C@H]1CC(N(P=S)C(=O)CNC(=O)OCC1c3ccccc3-c3ccccc31)C2. The lowest BCUT2D eigenvalue weighted by Crippen LogP contribution is -2.52. The molecule has 0 saturated carbocycles. The molecule has 5 rings (SSSR count). The fraction of sp³-hybridized carbons (Fsp3) is 0.393. The molecule has 2 aromatic carbocycles. The van der Waals surface area contributed by atoms with Crippen molar-refractivity contribution >= 4 is 37.4 Å². The van der Waals surface area contributed by atoms with Crippen LogP contribution >= 0.6 is 7.51 Å². The zero-order chi connectivity index (χ0) is 26.6. The lowest BCUT2D eigenvalue weighted by atomic mass is 9.97. The van der Waals surface area contributed by atoms with E-state index in [0.29, 0.717) is 20.3 Å². The van der Waals surface area contributed by atoms with E-state index in [0.717, 1.165) is 35.1 Å². The number of hydrogen-bond acceptors (Lipinski definition) is 6. The van der Waals surface area contributed by atoms with Gasteiger partial charge in [-0.3, -0.25) is 9.46 Å². The number of nitrogens with zero attached hydrogens (tertiary/aromatic N) is 2. The summed E-state index contributed by atoms with van der Waals surface area (Å²) in [4.78, 5) is 39.8. The molecule has 0 spiro atoms. The van der Waals surface area contributed by atoms with E-state index in [2.05, 4.69) is 36.2 Å². The van der Waals surface area contributed by atoms with Crippen LogP contribution in [-0.2, 0) is 26.1 Å². The first kappa shape index (κ1) is 26.3. The number of carbonyl (C=O) groups excluding carboxylic acids is 3. The highest BCUT2D eigenvalue weighted by molar-refractivity contribution is 7.95. The van der Waals surface area contributed by atoms with E-state index in [-0.39, 0.29) is 55.8 Å². The third-order valence-electron chi connectivity index (χ3n) is 7.66. The highest BCUT2D eigenvalue weighted by Crippen LogP contribution is 2.44. The van der Waals surface area contributed by atoms with Crippen LogP contribution in [0.25, 0.3) is 11.1 Å². The van der Waals surface area contributed by atoms with Gasteiger partial charge < -0.3 is 19.7 Å². The minimum atomic E-state index is -0.638. The molecule has 2 aromatic rings. The summed E-state index contributed by atoms with van der Waals surface area (Å²) in [5.41, 5.74) is 4.56. The van der Waals surface area contributed by atoms with Crippen molar-refractivity contribution in [2.24, 2.45) is 0 Å². The van der Waals surface area contributed by atoms with E-state index in [4.69, 9.17) is 21.3 Å². The molecule has 8 nitrogen and oxygen atoms in total. The topological polar surface area (TPSA) is 88.2 Å². The Hall–Kier alpha value is -3.29. The van der Waals surface area contributed by atoms with Crippen molar-refractivity contribution < 1.29 is 23.9 Å². The number of piperidine rings is 1. The molecule has 2 fully saturated rings. The Labute approximate surface area is 228 Å². The number of alkyl carbamates (subject to hydrolysis) is 1. The van der Waals surface area contributed by atoms with E-state index in [1.54, 1.807) is 15.6 Å². The van der Waals surface area contributed by atoms with Crippen molar-refractivity contribution in [3.63, 3.8) is 0 Å². The van der Waals surface area contributed by atoms with E-state index in [9.17, 15) is 14.4 Å². The fourth-order valence-electron chi connectivity index (χ4n) is 6.04. The van der Waals surface area contributed by atoms with Crippen LogP contribution < -0.4 is 5.32 Å². The molecule has 0 radical (unpaired) electrons. The van der Waals surface area contributed by atoms with Gasteiger partial charge in [0, 0.05) is 24.0 Å². The summed E-state index contributed by atoms with van der Waals surface area (Å²) >= 11 is 5.26. The van der Waals surface area contributed by atoms with Crippen molar-refractivity contribution in [1.29, 1.82) is 0 Å². The van der Waals surface area contributed by atoms with E-state index in [1.165, 1.54) is 0 Å². The molecule has 1 aliphatic carbocycles. The minimum Gasteiger partial charge on any atom is -0.449 e. The summed E-state index contributed by atoms with van der Waals surface area (Å²) in [6.45, 7) is 3.75. The first-order chi connectivity index (χ1) is 18.5. The van der Waals surface area contributed by atoms with Gasteiger partial charge in [0.25, 0.3) is 0 Å². The summed E-state index contributed by atoms with van der Waals surface area (Å²) in [7, 11) is 0.393. The average Bonchev–Trinajstić information content (AvgIpc) is 3.40. The Morgan fingerprint density at radius 3 is 2.21 bits per heavy atom. The highest BCUT2D eigenvalue weighted by Gasteiger charge is 2.46. The number of rotatable bonds is 8. The van der Waals surface area contributed by atoms with Gasteiger partial charge >= 0.3 is 12.2 Å². The van der Waals surface area contributed by atoms with Gasteiger partial charge in [0.05, 0.1) is 7.51 Å². The van der Waals surface area contributed by atoms with Gasteiger partial charge in [-0.1, -0.05) is 61.2 Å². The lowest BCUT2D eigenvalue weighted by molar-refractivity contribution is -0.127. The number of ether oxygens (including phenoxy) is 2. The van der Waals surface area contributed by atoms with Crippen LogP contribution in [0.3, 0.4) is 0 Å². The molecule has 0 aromatic heterocycles. The molecule has 10 heteroatoms. The fourth-order valence-corrected chi connectivity index (χ4v) is 7.20. The number of amides is 3. The summed E-state index contributed by atoms with van der Waals surface area (Å²) in [6.07, 6.45) is 3.60. The zero-order valence-electron chi connectivity index (χ0n) is 21.0. The van der Waals surface area contributed by atoms with Gasteiger partial charge in [-0.05, 0) is 59.7 Å². The molecule has 3 aliphatic rings. The Morgan fingerprint density at radius 2 is 1.63 bits per heavy atom. The average molecular weight is 552 g/mol. The van der Waals surface area contributed by atoms with Gasteiger partial charge in [-0.15, -0.1) is 0 Å². The summed E-state index contributed by atoms with van der Waals surface area (Å²) in [5.74, 6) is -0.312. The lowest BCUT2D eigenvalue weighted by Gasteiger charge is -2.40. The standard InChI is InChI=1S/C28H30N3O5PS/c1-2-13-35-28(34)30-18-11-12-19(30)15-20(14-18)31(37-38)26(32)16-29-27(33)36-17-25-23-9-5-3-7-21(23)22-8-4-6-10-24(22)25/h2-10,18-20,25H,1,11-17H2,(H,29,33)/t18-,19+,20?. The Bertz CT molecular complexity index is 1200. The number of carbonyl (C=O) groups is 3. The molecule has 3 amide bonds. The number of nitrogens with one attached hydrogen (secondary N) is 1. The van der Waals surface area contributed by atoms with Crippen LogP contribution in [0.15, 0.2) is 61.2 Å². The molecule has 1 N–H and O–H groups in total. The molecular formula is C28H30N3O5PS. The van der Waals surface area contributed by atoms with Crippen LogP contribution in [0.4, 0.5) is 9.59 Å². The van der Waals surface area contributed by atoms with Gasteiger partial charge in [0.15, 0.2) is 0 Å². The molecule has 2 aliphatic heterocycles. The van der Waals surface area contributed by atoms with Crippen molar-refractivity contribution in [2.75, 3.05) is 19.8 Å². The van der Waals surface area contributed by atoms with Gasteiger partial charge in [0.1, 0.15) is 19.8 Å². The maximum atomic E-state index is 13.0. The van der Waals surface area contributed by atoms with Crippen LogP contribution in [0, 0.1) is 0 Å². The van der Waals surface area contributed by atoms with Gasteiger partial charge in [-0.2, -0.15) is 0 Å². The Kier molecular flexibility index (Phi) is 8.05. The highest BCUT2D eigenvalue weighted by atomic mass is 32.4. The smallest absolute Gasteiger partial charge is 0.410 e. The molecular weight excluding hydrogens is 521 g/mol. The second-order valence-electron chi connectivity index (χ2n) is 9.78. The van der Waals surface area contributed by atoms with Crippen molar-refractivity contribution in [2.45, 2.75) is 49.7 Å². The molecule has 2 heterocycles. The quantitative estimate of drug-likeness (QED) is 0.367. The second-order valence-corrected chi connectivity index (χ2v) is 10.9. The van der Waals surface area contributed by atoms with Crippen LogP contribution in [0.2, 0.25) is 0 Å². The first-order valence-corrected chi connectivity index (χ1v) is 14.7. The van der Waals surface area contributed by atoms with E-state index in [1.807, 2.05) is 24.3 Å². The number of hydrogen-bond donors (Lipinski definition) is 1. The maximum Gasteiger partial charge on any atom is 0.410 e. The van der Waals surface area contributed by atoms with Crippen LogP contribution in [0.1, 0.15) is 42.7 Å².